The molecule has 1 N–H and O–H groups in total. The van der Waals surface area contributed by atoms with Gasteiger partial charge >= 0.3 is 0 Å². The number of hydrogen-bond acceptors (Lipinski definition) is 4. The van der Waals surface area contributed by atoms with Gasteiger partial charge in [-0.2, -0.15) is 5.10 Å². The minimum Gasteiger partial charge on any atom is -0.382 e. The second-order valence-electron chi connectivity index (χ2n) is 6.56. The van der Waals surface area contributed by atoms with Gasteiger partial charge in [-0.3, -0.25) is 0 Å². The second kappa shape index (κ2) is 10.6. The number of hydrogen-bond donors (Lipinski definition) is 1. The fourth-order valence-corrected chi connectivity index (χ4v) is 3.88. The number of aliphatic hydroxyl groups excluding tert-OH is 1. The molecule has 0 bridgehead atoms. The summed E-state index contributed by atoms with van der Waals surface area (Å²) in [5.41, 5.74) is 3.93. The van der Waals surface area contributed by atoms with Crippen LogP contribution in [0.5, 0.6) is 0 Å². The molecule has 0 saturated carbocycles. The maximum absolute atomic E-state index is 11.0. The van der Waals surface area contributed by atoms with Crippen molar-refractivity contribution in [3.05, 3.63) is 92.0 Å². The van der Waals surface area contributed by atoms with Crippen molar-refractivity contribution < 1.29 is 5.11 Å². The Hall–Kier alpha value is -2.15. The Bertz CT molecular complexity index is 1210. The molecule has 2 heterocycles. The van der Waals surface area contributed by atoms with Gasteiger partial charge in [0.2, 0.25) is 5.28 Å². The molecule has 2 aromatic carbocycles. The minimum atomic E-state index is -1.05. The normalized spacial score (nSPS) is 11.6. The van der Waals surface area contributed by atoms with Crippen LogP contribution < -0.4 is 0 Å². The highest BCUT2D eigenvalue weighted by Crippen LogP contribution is 2.36. The van der Waals surface area contributed by atoms with E-state index < -0.39 is 6.10 Å². The summed E-state index contributed by atoms with van der Waals surface area (Å²) in [4.78, 5) is 7.89. The molecule has 1 unspecified atom stereocenters. The number of aromatic nitrogens is 4. The molecule has 0 spiro atoms. The lowest BCUT2D eigenvalue weighted by Crippen LogP contribution is -2.05. The molecule has 0 fully saturated rings. The molecule has 0 amide bonds. The third kappa shape index (κ3) is 5.08. The van der Waals surface area contributed by atoms with Gasteiger partial charge in [-0.1, -0.05) is 60.8 Å². The quantitative estimate of drug-likeness (QED) is 0.292. The molecule has 0 aliphatic rings. The van der Waals surface area contributed by atoms with Crippen molar-refractivity contribution in [1.29, 1.82) is 0 Å². The Morgan fingerprint density at radius 1 is 0.875 bits per heavy atom. The van der Waals surface area contributed by atoms with Gasteiger partial charge in [0.25, 0.3) is 0 Å². The summed E-state index contributed by atoms with van der Waals surface area (Å²) in [7, 11) is 0. The van der Waals surface area contributed by atoms with Gasteiger partial charge in [-0.05, 0) is 48.9 Å². The molecular weight excluding hydrogens is 490 g/mol. The summed E-state index contributed by atoms with van der Waals surface area (Å²) in [5, 5.41) is 17.3. The van der Waals surface area contributed by atoms with Crippen LogP contribution in [0.25, 0.3) is 16.9 Å². The van der Waals surface area contributed by atoms with Crippen LogP contribution in [0.3, 0.4) is 0 Å². The van der Waals surface area contributed by atoms with Crippen LogP contribution in [-0.4, -0.2) is 24.9 Å². The van der Waals surface area contributed by atoms with E-state index in [1.807, 2.05) is 32.9 Å². The van der Waals surface area contributed by atoms with E-state index in [1.54, 1.807) is 35.0 Å². The first kappa shape index (κ1) is 24.5. The van der Waals surface area contributed by atoms with Crippen molar-refractivity contribution in [1.82, 2.24) is 19.7 Å². The zero-order valence-electron chi connectivity index (χ0n) is 17.5. The molecule has 32 heavy (non-hydrogen) atoms. The van der Waals surface area contributed by atoms with Crippen molar-refractivity contribution in [2.75, 3.05) is 0 Å². The predicted octanol–water partition coefficient (Wildman–Crippen LogP) is 7.36. The number of halogens is 4. The monoisotopic (exact) mass is 508 g/mol. The molecule has 166 valence electrons. The van der Waals surface area contributed by atoms with Crippen LogP contribution in [-0.2, 0) is 0 Å². The zero-order valence-corrected chi connectivity index (χ0v) is 20.5. The molecule has 2 aromatic heterocycles. The summed E-state index contributed by atoms with van der Waals surface area (Å²) < 4.78 is 1.69. The van der Waals surface area contributed by atoms with Crippen molar-refractivity contribution in [2.45, 2.75) is 26.9 Å². The van der Waals surface area contributed by atoms with Crippen LogP contribution in [0.1, 0.15) is 36.8 Å². The van der Waals surface area contributed by atoms with Crippen molar-refractivity contribution in [2.24, 2.45) is 0 Å². The molecule has 0 aliphatic heterocycles. The molecule has 1 atom stereocenters. The number of rotatable bonds is 4. The standard InChI is InChI=1S/C21H14Cl4N4O.C2H6/c1-11-18(20(30)13-9-26-21(25)27-10-13)28-29(17-7-6-15(23)8-16(17)24)19(11)12-2-4-14(22)5-3-12;1-2/h2-10,20,30H,1H3;1-2H3. The number of nitrogens with zero attached hydrogens (tertiary/aromatic N) is 4. The van der Waals surface area contributed by atoms with Crippen LogP contribution in [0.2, 0.25) is 20.4 Å². The first-order valence-electron chi connectivity index (χ1n) is 9.81. The lowest BCUT2D eigenvalue weighted by atomic mass is 10.0. The molecule has 0 aliphatic carbocycles. The topological polar surface area (TPSA) is 63.8 Å². The van der Waals surface area contributed by atoms with E-state index in [1.165, 1.54) is 12.4 Å². The summed E-state index contributed by atoms with van der Waals surface area (Å²) in [5.74, 6) is 0. The maximum Gasteiger partial charge on any atom is 0.222 e. The summed E-state index contributed by atoms with van der Waals surface area (Å²) in [6.07, 6.45) is 1.88. The van der Waals surface area contributed by atoms with Gasteiger partial charge in [0.1, 0.15) is 6.10 Å². The lowest BCUT2D eigenvalue weighted by Gasteiger charge is -2.11. The molecule has 4 aromatic rings. The Morgan fingerprint density at radius 3 is 2.06 bits per heavy atom. The van der Waals surface area contributed by atoms with E-state index in [0.29, 0.717) is 32.0 Å². The molecule has 0 radical (unpaired) electrons. The smallest absolute Gasteiger partial charge is 0.222 e. The van der Waals surface area contributed by atoms with E-state index in [-0.39, 0.29) is 5.28 Å². The van der Waals surface area contributed by atoms with E-state index >= 15 is 0 Å². The third-order valence-electron chi connectivity index (χ3n) is 4.63. The number of aliphatic hydroxyl groups is 1. The maximum atomic E-state index is 11.0. The fraction of sp³-hybridized carbons (Fsp3) is 0.174. The lowest BCUT2D eigenvalue weighted by molar-refractivity contribution is 0.213. The van der Waals surface area contributed by atoms with Gasteiger partial charge in [-0.15, -0.1) is 0 Å². The van der Waals surface area contributed by atoms with E-state index in [9.17, 15) is 5.11 Å². The van der Waals surface area contributed by atoms with Crippen LogP contribution in [0, 0.1) is 6.92 Å². The summed E-state index contributed by atoms with van der Waals surface area (Å²) >= 11 is 24.4. The van der Waals surface area contributed by atoms with E-state index in [0.717, 1.165) is 16.8 Å². The van der Waals surface area contributed by atoms with Gasteiger partial charge in [0, 0.05) is 39.1 Å². The SMILES string of the molecule is CC.Cc1c(C(O)c2cnc(Cl)nc2)nn(-c2ccc(Cl)cc2Cl)c1-c1ccc(Cl)cc1. The summed E-state index contributed by atoms with van der Waals surface area (Å²) in [6, 6.07) is 12.5. The first-order valence-corrected chi connectivity index (χ1v) is 11.3. The van der Waals surface area contributed by atoms with Gasteiger partial charge in [0.15, 0.2) is 0 Å². The van der Waals surface area contributed by atoms with Crippen LogP contribution in [0.15, 0.2) is 54.9 Å². The molecule has 9 heteroatoms. The predicted molar refractivity (Wildman–Crippen MR) is 131 cm³/mol. The van der Waals surface area contributed by atoms with Crippen molar-refractivity contribution in [3.63, 3.8) is 0 Å². The Balaban J connectivity index is 0.00000141. The largest absolute Gasteiger partial charge is 0.382 e. The molecular formula is C23H20Cl4N4O. The van der Waals surface area contributed by atoms with E-state index in [4.69, 9.17) is 46.4 Å². The van der Waals surface area contributed by atoms with Gasteiger partial charge in [0.05, 0.1) is 22.1 Å². The average molecular weight is 510 g/mol. The average Bonchev–Trinajstić information content (AvgIpc) is 3.12. The minimum absolute atomic E-state index is 0.100. The van der Waals surface area contributed by atoms with E-state index in [2.05, 4.69) is 15.1 Å². The highest BCUT2D eigenvalue weighted by molar-refractivity contribution is 6.35. The van der Waals surface area contributed by atoms with Crippen molar-refractivity contribution >= 4 is 46.4 Å². The Morgan fingerprint density at radius 2 is 1.47 bits per heavy atom. The highest BCUT2D eigenvalue weighted by atomic mass is 35.5. The highest BCUT2D eigenvalue weighted by Gasteiger charge is 2.24. The second-order valence-corrected chi connectivity index (χ2v) is 8.18. The van der Waals surface area contributed by atoms with Crippen molar-refractivity contribution in [3.8, 4) is 16.9 Å². The van der Waals surface area contributed by atoms with Crippen LogP contribution >= 0.6 is 46.4 Å². The van der Waals surface area contributed by atoms with Gasteiger partial charge < -0.3 is 5.11 Å². The summed E-state index contributed by atoms with van der Waals surface area (Å²) in [6.45, 7) is 5.88. The molecule has 5 nitrogen and oxygen atoms in total. The van der Waals surface area contributed by atoms with Crippen LogP contribution in [0.4, 0.5) is 0 Å². The first-order chi connectivity index (χ1) is 15.3. The Labute approximate surface area is 206 Å². The Kier molecular flexibility index (Phi) is 8.15. The zero-order chi connectivity index (χ0) is 23.4. The third-order valence-corrected chi connectivity index (χ3v) is 5.61. The van der Waals surface area contributed by atoms with Gasteiger partial charge in [-0.25, -0.2) is 14.6 Å². The fourth-order valence-electron chi connectivity index (χ4n) is 3.17. The molecule has 4 rings (SSSR count). The molecule has 0 saturated heterocycles. The number of benzene rings is 2.